The van der Waals surface area contributed by atoms with Gasteiger partial charge in [-0.1, -0.05) is 32.0 Å². The van der Waals surface area contributed by atoms with Gasteiger partial charge in [-0.05, 0) is 62.1 Å². The zero-order chi connectivity index (χ0) is 18.4. The number of ether oxygens (including phenoxy) is 1. The van der Waals surface area contributed by atoms with Gasteiger partial charge in [-0.15, -0.1) is 0 Å². The van der Waals surface area contributed by atoms with Gasteiger partial charge in [0.15, 0.2) is 0 Å². The second kappa shape index (κ2) is 8.56. The fraction of sp³-hybridized carbons (Fsp3) is 0.381. The fourth-order valence-electron chi connectivity index (χ4n) is 2.63. The van der Waals surface area contributed by atoms with Crippen LogP contribution in [-0.4, -0.2) is 18.6 Å². The van der Waals surface area contributed by atoms with Crippen LogP contribution in [-0.2, 0) is 4.79 Å². The van der Waals surface area contributed by atoms with E-state index in [0.717, 1.165) is 28.3 Å². The van der Waals surface area contributed by atoms with Gasteiger partial charge < -0.3 is 15.4 Å². The lowest BCUT2D eigenvalue weighted by molar-refractivity contribution is -0.114. The van der Waals surface area contributed by atoms with Gasteiger partial charge >= 0.3 is 0 Å². The maximum atomic E-state index is 12.3. The van der Waals surface area contributed by atoms with Crippen molar-refractivity contribution in [3.05, 3.63) is 53.6 Å². The third-order valence-electron chi connectivity index (χ3n) is 3.87. The number of aryl methyl sites for hydroxylation is 1. The number of carbonyl (C=O) groups is 1. The first kappa shape index (κ1) is 18.8. The average molecular weight is 340 g/mol. The molecule has 1 amide bonds. The summed E-state index contributed by atoms with van der Waals surface area (Å²) in [5.41, 5.74) is 4.04. The Morgan fingerprint density at radius 1 is 1.04 bits per heavy atom. The van der Waals surface area contributed by atoms with E-state index in [1.165, 1.54) is 0 Å². The minimum absolute atomic E-state index is 0.0568. The number of nitrogens with one attached hydrogen (secondary N) is 2. The smallest absolute Gasteiger partial charge is 0.243 e. The summed E-state index contributed by atoms with van der Waals surface area (Å²) >= 11 is 0. The number of hydrogen-bond acceptors (Lipinski definition) is 3. The monoisotopic (exact) mass is 340 g/mol. The summed E-state index contributed by atoms with van der Waals surface area (Å²) in [6.45, 7) is 10.5. The summed E-state index contributed by atoms with van der Waals surface area (Å²) in [6.07, 6.45) is 0.147. The zero-order valence-electron chi connectivity index (χ0n) is 15.7. The fourth-order valence-corrected chi connectivity index (χ4v) is 2.63. The van der Waals surface area contributed by atoms with E-state index in [0.29, 0.717) is 5.92 Å². The van der Waals surface area contributed by atoms with Gasteiger partial charge in [-0.3, -0.25) is 4.79 Å². The molecule has 0 radical (unpaired) electrons. The van der Waals surface area contributed by atoms with Crippen LogP contribution >= 0.6 is 0 Å². The maximum absolute atomic E-state index is 12.3. The number of carbonyl (C=O) groups excluding carboxylic acids is 1. The molecule has 0 spiro atoms. The molecule has 0 bridgehead atoms. The van der Waals surface area contributed by atoms with E-state index in [1.54, 1.807) is 0 Å². The van der Waals surface area contributed by atoms with Crippen molar-refractivity contribution in [1.29, 1.82) is 0 Å². The van der Waals surface area contributed by atoms with Gasteiger partial charge in [0.25, 0.3) is 0 Å². The van der Waals surface area contributed by atoms with Crippen LogP contribution in [0.4, 0.5) is 11.4 Å². The third kappa shape index (κ3) is 5.52. The molecule has 2 aromatic rings. The van der Waals surface area contributed by atoms with Crippen LogP contribution in [0.2, 0.25) is 0 Å². The van der Waals surface area contributed by atoms with Crippen LogP contribution in [0.15, 0.2) is 42.5 Å². The molecular formula is C21H28N2O2. The maximum Gasteiger partial charge on any atom is 0.243 e. The average Bonchev–Trinajstić information content (AvgIpc) is 2.55. The highest BCUT2D eigenvalue weighted by molar-refractivity contribution is 5.95. The molecule has 0 aromatic heterocycles. The van der Waals surface area contributed by atoms with Gasteiger partial charge in [0.05, 0.1) is 12.6 Å². The van der Waals surface area contributed by atoms with E-state index in [2.05, 4.69) is 30.5 Å². The molecule has 0 aliphatic rings. The summed E-state index contributed by atoms with van der Waals surface area (Å²) in [5.74, 6) is 1.13. The van der Waals surface area contributed by atoms with E-state index < -0.39 is 0 Å². The summed E-state index contributed by atoms with van der Waals surface area (Å²) in [5, 5.41) is 6.19. The predicted molar refractivity (Wildman–Crippen MR) is 105 cm³/mol. The van der Waals surface area contributed by atoms with E-state index in [-0.39, 0.29) is 18.6 Å². The van der Waals surface area contributed by atoms with Gasteiger partial charge in [-0.2, -0.15) is 0 Å². The van der Waals surface area contributed by atoms with Crippen molar-refractivity contribution in [1.82, 2.24) is 0 Å². The number of rotatable bonds is 7. The molecule has 25 heavy (non-hydrogen) atoms. The van der Waals surface area contributed by atoms with Crippen molar-refractivity contribution < 1.29 is 9.53 Å². The molecule has 2 aromatic carbocycles. The quantitative estimate of drug-likeness (QED) is 0.749. The minimum atomic E-state index is -0.0568. The predicted octanol–water partition coefficient (Wildman–Crippen LogP) is 4.96. The first-order valence-electron chi connectivity index (χ1n) is 8.76. The first-order valence-corrected chi connectivity index (χ1v) is 8.76. The molecule has 0 heterocycles. The molecule has 4 heteroatoms. The summed E-state index contributed by atoms with van der Waals surface area (Å²) in [6, 6.07) is 13.7. The lowest BCUT2D eigenvalue weighted by atomic mass is 9.98. The second-order valence-electron chi connectivity index (χ2n) is 6.79. The zero-order valence-corrected chi connectivity index (χ0v) is 15.7. The SMILES string of the molecule is Cc1cccc(C(C)C)c1NC(=O)CNc1ccc(OC(C)C)cc1. The van der Waals surface area contributed by atoms with Crippen LogP contribution in [0, 0.1) is 6.92 Å². The van der Waals surface area contributed by atoms with Gasteiger partial charge in [-0.25, -0.2) is 0 Å². The Bertz CT molecular complexity index is 706. The van der Waals surface area contributed by atoms with Crippen LogP contribution in [0.1, 0.15) is 44.7 Å². The normalized spacial score (nSPS) is 10.8. The first-order chi connectivity index (χ1) is 11.9. The Balaban J connectivity index is 1.95. The van der Waals surface area contributed by atoms with Crippen molar-refractivity contribution in [2.45, 2.75) is 46.6 Å². The molecule has 0 fully saturated rings. The van der Waals surface area contributed by atoms with E-state index in [4.69, 9.17) is 4.74 Å². The number of para-hydroxylation sites is 1. The lowest BCUT2D eigenvalue weighted by Crippen LogP contribution is -2.23. The van der Waals surface area contributed by atoms with E-state index >= 15 is 0 Å². The molecular weight excluding hydrogens is 312 g/mol. The van der Waals surface area contributed by atoms with Crippen LogP contribution in [0.3, 0.4) is 0 Å². The third-order valence-corrected chi connectivity index (χ3v) is 3.87. The molecule has 4 nitrogen and oxygen atoms in total. The number of hydrogen-bond donors (Lipinski definition) is 2. The summed E-state index contributed by atoms with van der Waals surface area (Å²) in [4.78, 5) is 12.3. The Kier molecular flexibility index (Phi) is 6.45. The number of benzene rings is 2. The van der Waals surface area contributed by atoms with E-state index in [9.17, 15) is 4.79 Å². The Hall–Kier alpha value is -2.49. The number of anilines is 2. The molecule has 0 saturated carbocycles. The molecule has 0 saturated heterocycles. The van der Waals surface area contributed by atoms with Crippen molar-refractivity contribution in [3.8, 4) is 5.75 Å². The Morgan fingerprint density at radius 2 is 1.72 bits per heavy atom. The molecule has 0 atom stereocenters. The second-order valence-corrected chi connectivity index (χ2v) is 6.79. The van der Waals surface area contributed by atoms with Gasteiger partial charge in [0.2, 0.25) is 5.91 Å². The highest BCUT2D eigenvalue weighted by Crippen LogP contribution is 2.27. The summed E-state index contributed by atoms with van der Waals surface area (Å²) in [7, 11) is 0. The van der Waals surface area contributed by atoms with Crippen molar-refractivity contribution >= 4 is 17.3 Å². The molecule has 0 unspecified atom stereocenters. The molecule has 2 rings (SSSR count). The highest BCUT2D eigenvalue weighted by Gasteiger charge is 2.11. The standard InChI is InChI=1S/C21H28N2O2/c1-14(2)19-8-6-7-16(5)21(19)23-20(24)13-22-17-9-11-18(12-10-17)25-15(3)4/h6-12,14-15,22H,13H2,1-5H3,(H,23,24). The number of amides is 1. The van der Waals surface area contributed by atoms with Crippen molar-refractivity contribution in [3.63, 3.8) is 0 Å². The molecule has 2 N–H and O–H groups in total. The largest absolute Gasteiger partial charge is 0.491 e. The Labute approximate surface area is 150 Å². The molecule has 0 aliphatic carbocycles. The van der Waals surface area contributed by atoms with Crippen molar-refractivity contribution in [2.75, 3.05) is 17.2 Å². The highest BCUT2D eigenvalue weighted by atomic mass is 16.5. The van der Waals surface area contributed by atoms with Crippen LogP contribution < -0.4 is 15.4 Å². The van der Waals surface area contributed by atoms with Crippen LogP contribution in [0.5, 0.6) is 5.75 Å². The van der Waals surface area contributed by atoms with Gasteiger partial charge in [0, 0.05) is 11.4 Å². The topological polar surface area (TPSA) is 50.4 Å². The minimum Gasteiger partial charge on any atom is -0.491 e. The van der Waals surface area contributed by atoms with E-state index in [1.807, 2.05) is 57.2 Å². The lowest BCUT2D eigenvalue weighted by Gasteiger charge is -2.17. The molecule has 0 aliphatic heterocycles. The summed E-state index contributed by atoms with van der Waals surface area (Å²) < 4.78 is 5.62. The van der Waals surface area contributed by atoms with Gasteiger partial charge in [0.1, 0.15) is 5.75 Å². The Morgan fingerprint density at radius 3 is 2.32 bits per heavy atom. The van der Waals surface area contributed by atoms with Crippen LogP contribution in [0.25, 0.3) is 0 Å². The molecule has 134 valence electrons. The van der Waals surface area contributed by atoms with Crippen molar-refractivity contribution in [2.24, 2.45) is 0 Å².